The van der Waals surface area contributed by atoms with Gasteiger partial charge < -0.3 is 17.7 Å². The molecule has 1 nitrogen and oxygen atoms in total. The summed E-state index contributed by atoms with van der Waals surface area (Å²) in [6.45, 7) is -5.52. The van der Waals surface area contributed by atoms with E-state index >= 15 is 0 Å². The lowest BCUT2D eigenvalue weighted by Crippen LogP contribution is -2.29. The van der Waals surface area contributed by atoms with Gasteiger partial charge in [-0.15, -0.1) is 0 Å². The molecule has 0 heterocycles. The van der Waals surface area contributed by atoms with E-state index in [0.717, 1.165) is 24.3 Å². The van der Waals surface area contributed by atoms with E-state index in [4.69, 9.17) is 0 Å². The first kappa shape index (κ1) is 9.76. The summed E-state index contributed by atoms with van der Waals surface area (Å²) < 4.78 is 47.8. The van der Waals surface area contributed by atoms with Gasteiger partial charge in [0.1, 0.15) is 11.5 Å². The Labute approximate surface area is 71.4 Å². The molecular weight excluding hydrogens is 187 g/mol. The van der Waals surface area contributed by atoms with E-state index in [9.17, 15) is 22.1 Å². The number of halogens is 4. The molecule has 0 amide bonds. The summed E-state index contributed by atoms with van der Waals surface area (Å²) in [5.74, 6) is -0.675. The molecule has 0 aliphatic heterocycles. The zero-order chi connectivity index (χ0) is 10.1. The molecule has 0 radical (unpaired) electrons. The topological polar surface area (TPSA) is 17.1 Å². The predicted molar refractivity (Wildman–Crippen MR) is 39.8 cm³/mol. The Morgan fingerprint density at radius 3 is 1.92 bits per heavy atom. The Morgan fingerprint density at radius 2 is 1.54 bits per heavy atom. The van der Waals surface area contributed by atoms with E-state index in [1.807, 2.05) is 0 Å². The van der Waals surface area contributed by atoms with Crippen molar-refractivity contribution in [2.75, 3.05) is 0 Å². The zero-order valence-electron chi connectivity index (χ0n) is 6.31. The van der Waals surface area contributed by atoms with Crippen LogP contribution in [0, 0.1) is 5.82 Å². The Morgan fingerprint density at radius 1 is 1.08 bits per heavy atom. The van der Waals surface area contributed by atoms with Crippen LogP contribution in [0.5, 0.6) is 0 Å². The molecule has 0 atom stereocenters. The molecule has 13 heavy (non-hydrogen) atoms. The normalized spacial score (nSPS) is 11.4. The van der Waals surface area contributed by atoms with E-state index in [2.05, 4.69) is 0 Å². The van der Waals surface area contributed by atoms with Gasteiger partial charge in [-0.1, -0.05) is 12.1 Å². The van der Waals surface area contributed by atoms with E-state index in [-0.39, 0.29) is 0 Å². The lowest BCUT2D eigenvalue weighted by atomic mass is 9.80. The molecule has 6 heteroatoms. The fourth-order valence-electron chi connectivity index (χ4n) is 0.803. The third-order valence-corrected chi connectivity index (χ3v) is 1.43. The number of hydrogen-bond acceptors (Lipinski definition) is 1. The first-order valence-corrected chi connectivity index (χ1v) is 3.41. The van der Waals surface area contributed by atoms with Crippen molar-refractivity contribution in [3.05, 3.63) is 35.6 Å². The lowest BCUT2D eigenvalue weighted by Gasteiger charge is -2.12. The third kappa shape index (κ3) is 2.30. The molecule has 0 saturated carbocycles. The SMILES string of the molecule is O=C(c1ccc(F)cc1)[B-](F)(F)F. The highest BCUT2D eigenvalue weighted by Gasteiger charge is 2.33. The van der Waals surface area contributed by atoms with Gasteiger partial charge in [-0.25, -0.2) is 4.39 Å². The van der Waals surface area contributed by atoms with Crippen LogP contribution in [0.2, 0.25) is 0 Å². The van der Waals surface area contributed by atoms with E-state index < -0.39 is 24.0 Å². The Hall–Kier alpha value is -1.33. The van der Waals surface area contributed by atoms with Crippen molar-refractivity contribution in [1.29, 1.82) is 0 Å². The molecule has 0 N–H and O–H groups in total. The largest absolute Gasteiger partial charge is 0.549 e. The molecule has 0 bridgehead atoms. The standard InChI is InChI=1S/C7H4BF4O/c9-6-3-1-5(2-4-6)7(13)8(10,11)12/h1-4H/q-1. The second-order valence-corrected chi connectivity index (χ2v) is 2.45. The lowest BCUT2D eigenvalue weighted by molar-refractivity contribution is 0.102. The summed E-state index contributed by atoms with van der Waals surface area (Å²) >= 11 is 0. The zero-order valence-corrected chi connectivity index (χ0v) is 6.31. The summed E-state index contributed by atoms with van der Waals surface area (Å²) in [6, 6.07) is 3.25. The van der Waals surface area contributed by atoms with Crippen molar-refractivity contribution < 1.29 is 22.1 Å². The molecule has 1 aromatic rings. The molecule has 1 aromatic carbocycles. The van der Waals surface area contributed by atoms with Gasteiger partial charge in [-0.05, 0) is 17.7 Å². The molecule has 0 unspecified atom stereocenters. The molecule has 0 aliphatic carbocycles. The highest BCUT2D eigenvalue weighted by molar-refractivity contribution is 6.93. The van der Waals surface area contributed by atoms with Crippen LogP contribution in [0.25, 0.3) is 0 Å². The summed E-state index contributed by atoms with van der Waals surface area (Å²) in [6.07, 6.45) is 0. The fraction of sp³-hybridized carbons (Fsp3) is 0. The van der Waals surface area contributed by atoms with Gasteiger partial charge in [-0.3, -0.25) is 0 Å². The molecule has 0 saturated heterocycles. The van der Waals surface area contributed by atoms with Gasteiger partial charge in [-0.2, -0.15) is 0 Å². The van der Waals surface area contributed by atoms with Crippen molar-refractivity contribution in [3.63, 3.8) is 0 Å². The van der Waals surface area contributed by atoms with Crippen molar-refractivity contribution in [2.24, 2.45) is 0 Å². The minimum Gasteiger partial charge on any atom is -0.443 e. The van der Waals surface area contributed by atoms with Gasteiger partial charge in [0, 0.05) is 0 Å². The quantitative estimate of drug-likeness (QED) is 0.518. The van der Waals surface area contributed by atoms with Crippen LogP contribution in [0.15, 0.2) is 24.3 Å². The van der Waals surface area contributed by atoms with Crippen molar-refractivity contribution in [2.45, 2.75) is 0 Å². The van der Waals surface area contributed by atoms with Crippen molar-refractivity contribution >= 4 is 12.7 Å². The Bertz CT molecular complexity index is 316. The summed E-state index contributed by atoms with van der Waals surface area (Å²) in [7, 11) is 0. The Kier molecular flexibility index (Phi) is 2.40. The van der Waals surface area contributed by atoms with E-state index in [0.29, 0.717) is 0 Å². The van der Waals surface area contributed by atoms with Gasteiger partial charge >= 0.3 is 6.98 Å². The maximum absolute atomic E-state index is 12.3. The van der Waals surface area contributed by atoms with Crippen LogP contribution >= 0.6 is 0 Å². The maximum atomic E-state index is 12.3. The molecule has 1 rings (SSSR count). The highest BCUT2D eigenvalue weighted by Crippen LogP contribution is 2.16. The minimum absolute atomic E-state index is 0.533. The average molecular weight is 191 g/mol. The number of carbonyl (C=O) groups is 1. The smallest absolute Gasteiger partial charge is 0.443 e. The Balaban J connectivity index is 2.97. The van der Waals surface area contributed by atoms with Crippen LogP contribution in [0.4, 0.5) is 17.3 Å². The van der Waals surface area contributed by atoms with E-state index in [1.54, 1.807) is 0 Å². The summed E-state index contributed by atoms with van der Waals surface area (Å²) in [5, 5.41) is 0. The number of hydrogen-bond donors (Lipinski definition) is 0. The molecule has 0 spiro atoms. The third-order valence-electron chi connectivity index (χ3n) is 1.43. The minimum atomic E-state index is -5.52. The predicted octanol–water partition coefficient (Wildman–Crippen LogP) is 2.40. The first-order valence-electron chi connectivity index (χ1n) is 3.41. The van der Waals surface area contributed by atoms with Crippen LogP contribution in [-0.4, -0.2) is 12.7 Å². The van der Waals surface area contributed by atoms with Gasteiger partial charge in [0.05, 0.1) is 0 Å². The van der Waals surface area contributed by atoms with Crippen LogP contribution in [0.3, 0.4) is 0 Å². The van der Waals surface area contributed by atoms with Crippen LogP contribution < -0.4 is 0 Å². The van der Waals surface area contributed by atoms with Crippen LogP contribution in [-0.2, 0) is 0 Å². The molecule has 70 valence electrons. The second-order valence-electron chi connectivity index (χ2n) is 2.45. The molecule has 0 aliphatic rings. The summed E-state index contributed by atoms with van der Waals surface area (Å²) in [4.78, 5) is 10.6. The molecular formula is C7H4BF4O-. The molecule has 0 aromatic heterocycles. The van der Waals surface area contributed by atoms with Gasteiger partial charge in [0.25, 0.3) is 0 Å². The number of rotatable bonds is 2. The number of benzene rings is 1. The average Bonchev–Trinajstić information content (AvgIpc) is 2.03. The highest BCUT2D eigenvalue weighted by atomic mass is 19.4. The number of carbonyl (C=O) groups excluding carboxylic acids is 1. The second kappa shape index (κ2) is 3.20. The monoisotopic (exact) mass is 191 g/mol. The van der Waals surface area contributed by atoms with Crippen LogP contribution in [0.1, 0.15) is 10.4 Å². The fourth-order valence-corrected chi connectivity index (χ4v) is 0.803. The van der Waals surface area contributed by atoms with Crippen molar-refractivity contribution in [1.82, 2.24) is 0 Å². The summed E-state index contributed by atoms with van der Waals surface area (Å²) in [5.41, 5.74) is -2.44. The van der Waals surface area contributed by atoms with E-state index in [1.165, 1.54) is 0 Å². The maximum Gasteiger partial charge on any atom is 0.549 e. The first-order chi connectivity index (χ1) is 5.91. The molecule has 0 fully saturated rings. The van der Waals surface area contributed by atoms with Gasteiger partial charge in [0.15, 0.2) is 0 Å². The van der Waals surface area contributed by atoms with Gasteiger partial charge in [0.2, 0.25) is 0 Å². The van der Waals surface area contributed by atoms with Crippen molar-refractivity contribution in [3.8, 4) is 0 Å².